The molecule has 3 rings (SSSR count). The Bertz CT molecular complexity index is 1080. The predicted molar refractivity (Wildman–Crippen MR) is 110 cm³/mol. The number of imidazole rings is 1. The average Bonchev–Trinajstić information content (AvgIpc) is 3.06. The zero-order valence-electron chi connectivity index (χ0n) is 15.3. The van der Waals surface area contributed by atoms with Crippen molar-refractivity contribution in [3.8, 4) is 0 Å². The molecule has 0 spiro atoms. The fourth-order valence-corrected chi connectivity index (χ4v) is 2.91. The van der Waals surface area contributed by atoms with Crippen LogP contribution in [0.4, 0.5) is 5.69 Å². The summed E-state index contributed by atoms with van der Waals surface area (Å²) in [4.78, 5) is 41.8. The number of esters is 1. The Morgan fingerprint density at radius 2 is 1.82 bits per heavy atom. The van der Waals surface area contributed by atoms with Gasteiger partial charge in [0.1, 0.15) is 0 Å². The maximum absolute atomic E-state index is 12.2. The van der Waals surface area contributed by atoms with Crippen LogP contribution < -0.4 is 11.0 Å². The van der Waals surface area contributed by atoms with E-state index in [-0.39, 0.29) is 5.69 Å². The van der Waals surface area contributed by atoms with Crippen LogP contribution in [0, 0.1) is 0 Å². The van der Waals surface area contributed by atoms with Gasteiger partial charge in [0, 0.05) is 16.7 Å². The molecule has 0 aliphatic heterocycles. The number of hydrogen-bond acceptors (Lipinski definition) is 5. The lowest BCUT2D eigenvalue weighted by atomic mass is 10.2. The Kier molecular flexibility index (Phi) is 6.00. The lowest BCUT2D eigenvalue weighted by molar-refractivity contribution is -0.148. The molecule has 0 aliphatic rings. The predicted octanol–water partition coefficient (Wildman–Crippen LogP) is 3.16. The maximum Gasteiger partial charge on any atom is 0.331 e. The number of ether oxygens (including phenoxy) is 1. The Balaban J connectivity index is 1.56. The number of H-pyrrole nitrogens is 2. The Morgan fingerprint density at radius 3 is 2.54 bits per heavy atom. The highest BCUT2D eigenvalue weighted by atomic mass is 32.2. The molecule has 0 radical (unpaired) electrons. The summed E-state index contributed by atoms with van der Waals surface area (Å²) in [5.41, 5.74) is 2.23. The summed E-state index contributed by atoms with van der Waals surface area (Å²) in [6, 6.07) is 12.7. The van der Waals surface area contributed by atoms with Crippen LogP contribution in [0.15, 0.2) is 58.2 Å². The number of thioether (sulfide) groups is 1. The molecule has 28 heavy (non-hydrogen) atoms. The van der Waals surface area contributed by atoms with Crippen LogP contribution in [0.25, 0.3) is 17.1 Å². The second-order valence-corrected chi connectivity index (χ2v) is 6.89. The van der Waals surface area contributed by atoms with Gasteiger partial charge >= 0.3 is 11.7 Å². The SMILES string of the molecule is CSc1ccc(/C=C/C(=O)O[C@H](C)C(=O)Nc2ccc3[nH]c(=O)[nH]c3c2)cc1. The average molecular weight is 397 g/mol. The van der Waals surface area contributed by atoms with Crippen molar-refractivity contribution in [3.63, 3.8) is 0 Å². The van der Waals surface area contributed by atoms with Crippen LogP contribution in [-0.2, 0) is 14.3 Å². The third-order valence-corrected chi connectivity index (χ3v) is 4.72. The van der Waals surface area contributed by atoms with Crippen LogP contribution in [0.1, 0.15) is 12.5 Å². The number of carbonyl (C=O) groups excluding carboxylic acids is 2. The molecule has 3 N–H and O–H groups in total. The minimum Gasteiger partial charge on any atom is -0.449 e. The first-order valence-electron chi connectivity index (χ1n) is 8.50. The van der Waals surface area contributed by atoms with Crippen LogP contribution in [0.2, 0.25) is 0 Å². The fraction of sp³-hybridized carbons (Fsp3) is 0.150. The van der Waals surface area contributed by atoms with Crippen molar-refractivity contribution in [3.05, 3.63) is 64.6 Å². The molecule has 8 heteroatoms. The summed E-state index contributed by atoms with van der Waals surface area (Å²) in [7, 11) is 0. The lowest BCUT2D eigenvalue weighted by Crippen LogP contribution is -2.29. The molecule has 0 saturated heterocycles. The maximum atomic E-state index is 12.2. The van der Waals surface area contributed by atoms with Crippen molar-refractivity contribution < 1.29 is 14.3 Å². The molecule has 3 aromatic rings. The van der Waals surface area contributed by atoms with E-state index in [1.165, 1.54) is 13.0 Å². The molecular weight excluding hydrogens is 378 g/mol. The van der Waals surface area contributed by atoms with Gasteiger partial charge < -0.3 is 20.0 Å². The smallest absolute Gasteiger partial charge is 0.331 e. The molecule has 144 valence electrons. The van der Waals surface area contributed by atoms with Crippen LogP contribution in [-0.4, -0.2) is 34.2 Å². The van der Waals surface area contributed by atoms with Crippen molar-refractivity contribution in [1.29, 1.82) is 0 Å². The number of carbonyl (C=O) groups is 2. The Morgan fingerprint density at radius 1 is 1.11 bits per heavy atom. The number of amides is 1. The number of aromatic amines is 2. The first-order chi connectivity index (χ1) is 13.4. The molecule has 0 unspecified atom stereocenters. The quantitative estimate of drug-likeness (QED) is 0.337. The van der Waals surface area contributed by atoms with Gasteiger partial charge in [-0.3, -0.25) is 4.79 Å². The molecule has 1 atom stereocenters. The molecule has 0 aliphatic carbocycles. The van der Waals surface area contributed by atoms with Crippen LogP contribution >= 0.6 is 11.8 Å². The lowest BCUT2D eigenvalue weighted by Gasteiger charge is -2.12. The number of fused-ring (bicyclic) bond motifs is 1. The van der Waals surface area contributed by atoms with E-state index in [1.54, 1.807) is 36.0 Å². The third kappa shape index (κ3) is 4.92. The summed E-state index contributed by atoms with van der Waals surface area (Å²) in [6.45, 7) is 1.49. The first kappa shape index (κ1) is 19.5. The van der Waals surface area contributed by atoms with E-state index in [1.807, 2.05) is 30.5 Å². The highest BCUT2D eigenvalue weighted by Gasteiger charge is 2.17. The molecule has 2 aromatic carbocycles. The highest BCUT2D eigenvalue weighted by molar-refractivity contribution is 7.98. The van der Waals surface area contributed by atoms with E-state index in [4.69, 9.17) is 4.74 Å². The molecule has 0 saturated carbocycles. The number of aromatic nitrogens is 2. The summed E-state index contributed by atoms with van der Waals surface area (Å²) in [5, 5.41) is 2.66. The molecule has 7 nitrogen and oxygen atoms in total. The highest BCUT2D eigenvalue weighted by Crippen LogP contribution is 2.16. The Hall–Kier alpha value is -3.26. The van der Waals surface area contributed by atoms with E-state index in [0.717, 1.165) is 10.5 Å². The molecular formula is C20H19N3O4S. The van der Waals surface area contributed by atoms with E-state index < -0.39 is 18.0 Å². The molecule has 0 bridgehead atoms. The van der Waals surface area contributed by atoms with Gasteiger partial charge in [-0.15, -0.1) is 11.8 Å². The van der Waals surface area contributed by atoms with Gasteiger partial charge in [-0.25, -0.2) is 9.59 Å². The van der Waals surface area contributed by atoms with Gasteiger partial charge in [0.05, 0.1) is 11.0 Å². The van der Waals surface area contributed by atoms with Crippen molar-refractivity contribution in [1.82, 2.24) is 9.97 Å². The van der Waals surface area contributed by atoms with E-state index in [0.29, 0.717) is 16.7 Å². The minimum absolute atomic E-state index is 0.323. The van der Waals surface area contributed by atoms with Gasteiger partial charge in [0.15, 0.2) is 6.10 Å². The van der Waals surface area contributed by atoms with Gasteiger partial charge in [0.2, 0.25) is 0 Å². The van der Waals surface area contributed by atoms with Crippen LogP contribution in [0.3, 0.4) is 0 Å². The summed E-state index contributed by atoms with van der Waals surface area (Å²) < 4.78 is 5.14. The number of nitrogens with one attached hydrogen (secondary N) is 3. The second-order valence-electron chi connectivity index (χ2n) is 6.01. The summed E-state index contributed by atoms with van der Waals surface area (Å²) in [6.07, 6.45) is 3.93. The second kappa shape index (κ2) is 8.62. The molecule has 0 fully saturated rings. The number of rotatable bonds is 6. The van der Waals surface area contributed by atoms with E-state index >= 15 is 0 Å². The van der Waals surface area contributed by atoms with Gasteiger partial charge in [0.25, 0.3) is 5.91 Å². The van der Waals surface area contributed by atoms with Crippen molar-refractivity contribution in [2.75, 3.05) is 11.6 Å². The largest absolute Gasteiger partial charge is 0.449 e. The summed E-state index contributed by atoms with van der Waals surface area (Å²) >= 11 is 1.64. The fourth-order valence-electron chi connectivity index (χ4n) is 2.50. The van der Waals surface area contributed by atoms with E-state index in [9.17, 15) is 14.4 Å². The van der Waals surface area contributed by atoms with Crippen LogP contribution in [0.5, 0.6) is 0 Å². The zero-order chi connectivity index (χ0) is 20.1. The monoisotopic (exact) mass is 397 g/mol. The normalized spacial score (nSPS) is 12.2. The molecule has 1 aromatic heterocycles. The van der Waals surface area contributed by atoms with Gasteiger partial charge in [-0.05, 0) is 55.2 Å². The van der Waals surface area contributed by atoms with Gasteiger partial charge in [-0.2, -0.15) is 0 Å². The van der Waals surface area contributed by atoms with Crippen molar-refractivity contribution in [2.24, 2.45) is 0 Å². The van der Waals surface area contributed by atoms with Gasteiger partial charge in [-0.1, -0.05) is 12.1 Å². The standard InChI is InChI=1S/C20H19N3O4S/c1-12(27-18(24)10-5-13-3-7-15(28-2)8-4-13)19(25)21-14-6-9-16-17(11-14)23-20(26)22-16/h3-12H,1-2H3,(H,21,25)(H2,22,23,26)/b10-5+/t12-/m1/s1. The molecule has 1 heterocycles. The number of benzene rings is 2. The van der Waals surface area contributed by atoms with Crippen molar-refractivity contribution >= 4 is 46.4 Å². The van der Waals surface area contributed by atoms with E-state index in [2.05, 4.69) is 15.3 Å². The minimum atomic E-state index is -0.975. The summed E-state index contributed by atoms with van der Waals surface area (Å²) in [5.74, 6) is -1.08. The zero-order valence-corrected chi connectivity index (χ0v) is 16.1. The number of hydrogen-bond donors (Lipinski definition) is 3. The van der Waals surface area contributed by atoms with Crippen molar-refractivity contribution in [2.45, 2.75) is 17.9 Å². The third-order valence-electron chi connectivity index (χ3n) is 3.97. The first-order valence-corrected chi connectivity index (χ1v) is 9.73. The molecule has 1 amide bonds. The Labute approximate surface area is 165 Å². The topological polar surface area (TPSA) is 104 Å². The number of anilines is 1.